The molecule has 0 unspecified atom stereocenters. The van der Waals surface area contributed by atoms with Crippen molar-refractivity contribution in [3.8, 4) is 0 Å². The van der Waals surface area contributed by atoms with E-state index < -0.39 is 0 Å². The first-order valence-corrected chi connectivity index (χ1v) is 8.47. The molecule has 1 aliphatic rings. The normalized spacial score (nSPS) is 21.4. The molecule has 2 aromatic rings. The van der Waals surface area contributed by atoms with Crippen molar-refractivity contribution in [3.05, 3.63) is 48.0 Å². The zero-order valence-electron chi connectivity index (χ0n) is 14.5. The average Bonchev–Trinajstić information content (AvgIpc) is 3.17. The molecule has 0 bridgehead atoms. The van der Waals surface area contributed by atoms with E-state index in [1.165, 1.54) is 11.1 Å². The third-order valence-electron chi connectivity index (χ3n) is 4.53. The van der Waals surface area contributed by atoms with Crippen molar-refractivity contribution in [3.63, 3.8) is 0 Å². The van der Waals surface area contributed by atoms with Gasteiger partial charge in [0, 0.05) is 57.4 Å². The second kappa shape index (κ2) is 8.37. The van der Waals surface area contributed by atoms with Gasteiger partial charge in [-0.25, -0.2) is 0 Å². The molecule has 24 heavy (non-hydrogen) atoms. The van der Waals surface area contributed by atoms with Gasteiger partial charge in [-0.15, -0.1) is 0 Å². The van der Waals surface area contributed by atoms with Gasteiger partial charge in [-0.3, -0.25) is 14.6 Å². The molecule has 3 rings (SSSR count). The molecule has 0 spiro atoms. The second-order valence-electron chi connectivity index (χ2n) is 6.32. The van der Waals surface area contributed by atoms with Gasteiger partial charge >= 0.3 is 0 Å². The molecule has 1 aliphatic heterocycles. The quantitative estimate of drug-likeness (QED) is 0.689. The molecule has 0 aliphatic carbocycles. The van der Waals surface area contributed by atoms with Gasteiger partial charge in [0.15, 0.2) is 0 Å². The number of hydrogen-bond acceptors (Lipinski definition) is 5. The highest BCUT2D eigenvalue weighted by Gasteiger charge is 2.35. The van der Waals surface area contributed by atoms with Crippen molar-refractivity contribution in [1.82, 2.24) is 19.7 Å². The van der Waals surface area contributed by atoms with Crippen LogP contribution in [-0.2, 0) is 29.5 Å². The highest BCUT2D eigenvalue weighted by molar-refractivity contribution is 5.13. The summed E-state index contributed by atoms with van der Waals surface area (Å²) < 4.78 is 13.1. The van der Waals surface area contributed by atoms with Crippen LogP contribution < -0.4 is 0 Å². The van der Waals surface area contributed by atoms with Crippen molar-refractivity contribution in [2.75, 3.05) is 26.9 Å². The van der Waals surface area contributed by atoms with E-state index in [2.05, 4.69) is 27.2 Å². The highest BCUT2D eigenvalue weighted by Crippen LogP contribution is 2.26. The fraction of sp³-hybridized carbons (Fsp3) is 0.556. The molecule has 1 fully saturated rings. The van der Waals surface area contributed by atoms with Crippen LogP contribution in [0.3, 0.4) is 0 Å². The lowest BCUT2D eigenvalue weighted by Gasteiger charge is -2.28. The van der Waals surface area contributed by atoms with Crippen molar-refractivity contribution >= 4 is 0 Å². The van der Waals surface area contributed by atoms with Gasteiger partial charge in [0.25, 0.3) is 0 Å². The number of likely N-dealkylation sites (tertiary alicyclic amines) is 1. The number of aromatic nitrogens is 3. The molecule has 0 N–H and O–H groups in total. The Balaban J connectivity index is 1.68. The van der Waals surface area contributed by atoms with Crippen LogP contribution in [0, 0.1) is 0 Å². The van der Waals surface area contributed by atoms with Crippen molar-refractivity contribution in [2.45, 2.75) is 31.5 Å². The monoisotopic (exact) mass is 330 g/mol. The zero-order valence-corrected chi connectivity index (χ0v) is 14.5. The number of methoxy groups -OCH3 is 1. The van der Waals surface area contributed by atoms with Crippen LogP contribution in [0.2, 0.25) is 0 Å². The topological polar surface area (TPSA) is 52.4 Å². The van der Waals surface area contributed by atoms with E-state index >= 15 is 0 Å². The first-order chi connectivity index (χ1) is 11.8. The Labute approximate surface area is 143 Å². The molecule has 130 valence electrons. The molecule has 0 aromatic carbocycles. The Kier molecular flexibility index (Phi) is 5.96. The highest BCUT2D eigenvalue weighted by atomic mass is 16.5. The second-order valence-corrected chi connectivity index (χ2v) is 6.32. The fourth-order valence-corrected chi connectivity index (χ4v) is 3.37. The van der Waals surface area contributed by atoms with Gasteiger partial charge in [0.2, 0.25) is 0 Å². The van der Waals surface area contributed by atoms with Gasteiger partial charge in [0.1, 0.15) is 0 Å². The summed E-state index contributed by atoms with van der Waals surface area (Å²) in [6.45, 7) is 3.23. The van der Waals surface area contributed by atoms with Gasteiger partial charge in [-0.2, -0.15) is 5.10 Å². The first kappa shape index (κ1) is 17.1. The third kappa shape index (κ3) is 4.41. The fourth-order valence-electron chi connectivity index (χ4n) is 3.37. The third-order valence-corrected chi connectivity index (χ3v) is 4.53. The largest absolute Gasteiger partial charge is 0.382 e. The Morgan fingerprint density at radius 2 is 2.17 bits per heavy atom. The SMILES string of the molecule is COCCO[C@H]1CCN(Cc2cnn(C)c2)[C@H]1Cc1cccnc1. The minimum Gasteiger partial charge on any atom is -0.382 e. The Bertz CT molecular complexity index is 616. The van der Waals surface area contributed by atoms with Gasteiger partial charge in [-0.1, -0.05) is 6.07 Å². The maximum atomic E-state index is 6.09. The van der Waals surface area contributed by atoms with E-state index in [1.54, 1.807) is 7.11 Å². The summed E-state index contributed by atoms with van der Waals surface area (Å²) in [4.78, 5) is 6.75. The minimum atomic E-state index is 0.233. The molecule has 2 atom stereocenters. The summed E-state index contributed by atoms with van der Waals surface area (Å²) in [5.41, 5.74) is 2.49. The predicted octanol–water partition coefficient (Wildman–Crippen LogP) is 1.66. The summed E-state index contributed by atoms with van der Waals surface area (Å²) in [6.07, 6.45) is 10.0. The summed E-state index contributed by atoms with van der Waals surface area (Å²) in [7, 11) is 3.66. The number of nitrogens with zero attached hydrogens (tertiary/aromatic N) is 4. The van der Waals surface area contributed by atoms with Crippen molar-refractivity contribution in [1.29, 1.82) is 0 Å². The van der Waals surface area contributed by atoms with E-state index in [9.17, 15) is 0 Å². The van der Waals surface area contributed by atoms with Gasteiger partial charge in [0.05, 0.1) is 25.5 Å². The number of hydrogen-bond donors (Lipinski definition) is 0. The molecule has 0 amide bonds. The number of pyridine rings is 1. The molecule has 0 saturated carbocycles. The predicted molar refractivity (Wildman–Crippen MR) is 91.6 cm³/mol. The van der Waals surface area contributed by atoms with Crippen LogP contribution in [0.1, 0.15) is 17.5 Å². The summed E-state index contributed by atoms with van der Waals surface area (Å²) in [5, 5.41) is 4.28. The Hall–Kier alpha value is -1.76. The smallest absolute Gasteiger partial charge is 0.0746 e. The van der Waals surface area contributed by atoms with E-state index in [-0.39, 0.29) is 6.10 Å². The zero-order chi connectivity index (χ0) is 16.8. The number of aryl methyl sites for hydroxylation is 1. The lowest BCUT2D eigenvalue weighted by Crippen LogP contribution is -2.38. The Morgan fingerprint density at radius 1 is 1.25 bits per heavy atom. The van der Waals surface area contributed by atoms with Gasteiger partial charge < -0.3 is 9.47 Å². The average molecular weight is 330 g/mol. The lowest BCUT2D eigenvalue weighted by molar-refractivity contribution is -0.00132. The lowest BCUT2D eigenvalue weighted by atomic mass is 10.0. The van der Waals surface area contributed by atoms with Crippen LogP contribution in [0.5, 0.6) is 0 Å². The standard InChI is InChI=1S/C18H26N4O2/c1-21-13-16(12-20-21)14-22-7-5-18(24-9-8-23-2)17(22)10-15-4-3-6-19-11-15/h3-4,6,11-13,17-18H,5,7-10,14H2,1-2H3/t17-,18-/m0/s1. The van der Waals surface area contributed by atoms with E-state index in [0.29, 0.717) is 19.3 Å². The summed E-state index contributed by atoms with van der Waals surface area (Å²) in [6, 6.07) is 4.49. The van der Waals surface area contributed by atoms with Crippen LogP contribution in [0.4, 0.5) is 0 Å². The van der Waals surface area contributed by atoms with Crippen molar-refractivity contribution in [2.24, 2.45) is 7.05 Å². The minimum absolute atomic E-state index is 0.233. The van der Waals surface area contributed by atoms with Crippen LogP contribution >= 0.6 is 0 Å². The van der Waals surface area contributed by atoms with E-state index in [1.807, 2.05) is 36.4 Å². The number of ether oxygens (including phenoxy) is 2. The van der Waals surface area contributed by atoms with E-state index in [4.69, 9.17) is 9.47 Å². The molecule has 0 radical (unpaired) electrons. The van der Waals surface area contributed by atoms with Crippen molar-refractivity contribution < 1.29 is 9.47 Å². The maximum absolute atomic E-state index is 6.09. The van der Waals surface area contributed by atoms with E-state index in [0.717, 1.165) is 25.9 Å². The molecule has 1 saturated heterocycles. The maximum Gasteiger partial charge on any atom is 0.0746 e. The molecule has 6 nitrogen and oxygen atoms in total. The van der Waals surface area contributed by atoms with Crippen LogP contribution in [0.25, 0.3) is 0 Å². The first-order valence-electron chi connectivity index (χ1n) is 8.47. The molecular weight excluding hydrogens is 304 g/mol. The molecular formula is C18H26N4O2. The van der Waals surface area contributed by atoms with Crippen LogP contribution in [-0.4, -0.2) is 58.7 Å². The van der Waals surface area contributed by atoms with Gasteiger partial charge in [-0.05, 0) is 24.5 Å². The summed E-state index contributed by atoms with van der Waals surface area (Å²) in [5.74, 6) is 0. The number of rotatable bonds is 8. The molecule has 3 heterocycles. The summed E-state index contributed by atoms with van der Waals surface area (Å²) >= 11 is 0. The molecule has 6 heteroatoms. The van der Waals surface area contributed by atoms with Crippen LogP contribution in [0.15, 0.2) is 36.9 Å². The molecule has 2 aromatic heterocycles. The Morgan fingerprint density at radius 3 is 2.88 bits per heavy atom.